The minimum Gasteiger partial charge on any atom is -0.488 e. The van der Waals surface area contributed by atoms with E-state index in [0.29, 0.717) is 24.4 Å². The molecule has 4 aromatic rings. The van der Waals surface area contributed by atoms with Crippen molar-refractivity contribution in [3.05, 3.63) is 94.5 Å². The molecule has 0 radical (unpaired) electrons. The summed E-state index contributed by atoms with van der Waals surface area (Å²) in [6.45, 7) is 3.83. The number of anilines is 1. The van der Waals surface area contributed by atoms with Gasteiger partial charge < -0.3 is 10.1 Å². The van der Waals surface area contributed by atoms with E-state index in [1.54, 1.807) is 23.1 Å². The molecule has 0 bridgehead atoms. The summed E-state index contributed by atoms with van der Waals surface area (Å²) in [6.07, 6.45) is 7.26. The number of hydrogen-bond acceptors (Lipinski definition) is 4. The summed E-state index contributed by atoms with van der Waals surface area (Å²) in [5.41, 5.74) is 3.17. The fourth-order valence-corrected chi connectivity index (χ4v) is 3.49. The van der Waals surface area contributed by atoms with E-state index in [4.69, 9.17) is 4.74 Å². The van der Waals surface area contributed by atoms with Gasteiger partial charge in [-0.1, -0.05) is 24.3 Å². The molecule has 0 saturated heterocycles. The van der Waals surface area contributed by atoms with Crippen molar-refractivity contribution in [2.24, 2.45) is 0 Å². The number of amides is 1. The molecular formula is C23H22BrN5O2. The lowest BCUT2D eigenvalue weighted by Crippen LogP contribution is -2.12. The number of hydrogen-bond donors (Lipinski definition) is 1. The van der Waals surface area contributed by atoms with Crippen LogP contribution >= 0.6 is 15.9 Å². The molecule has 7 nitrogen and oxygen atoms in total. The number of para-hydroxylation sites is 1. The van der Waals surface area contributed by atoms with Crippen molar-refractivity contribution >= 4 is 27.5 Å². The number of nitrogens with zero attached hydrogens (tertiary/aromatic N) is 4. The van der Waals surface area contributed by atoms with Crippen LogP contribution in [0.5, 0.6) is 5.75 Å². The molecule has 1 amide bonds. The Morgan fingerprint density at radius 1 is 1.03 bits per heavy atom. The van der Waals surface area contributed by atoms with E-state index >= 15 is 0 Å². The highest BCUT2D eigenvalue weighted by molar-refractivity contribution is 9.10. The zero-order valence-corrected chi connectivity index (χ0v) is 18.6. The molecule has 158 valence electrons. The molecule has 4 rings (SSSR count). The standard InChI is InChI=1S/C23H22BrN5O2/c1-2-28-13-18(11-25-28)14-29-15-20(12-26-29)27-23(30)19-7-5-6-17(10-19)16-31-22-9-4-3-8-21(22)24/h3-13,15H,2,14,16H2,1H3,(H,27,30). The molecule has 0 unspecified atom stereocenters. The summed E-state index contributed by atoms with van der Waals surface area (Å²) in [4.78, 5) is 12.7. The first-order chi connectivity index (χ1) is 15.1. The molecule has 0 aliphatic heterocycles. The van der Waals surface area contributed by atoms with E-state index in [0.717, 1.165) is 27.9 Å². The highest BCUT2D eigenvalue weighted by atomic mass is 79.9. The van der Waals surface area contributed by atoms with E-state index in [1.165, 1.54) is 0 Å². The lowest BCUT2D eigenvalue weighted by molar-refractivity contribution is 0.102. The molecule has 0 spiro atoms. The first-order valence-electron chi connectivity index (χ1n) is 9.92. The third kappa shape index (κ3) is 5.40. The van der Waals surface area contributed by atoms with Gasteiger partial charge in [0.2, 0.25) is 0 Å². The first kappa shape index (κ1) is 20.9. The third-order valence-corrected chi connectivity index (χ3v) is 5.32. The van der Waals surface area contributed by atoms with Gasteiger partial charge in [0.25, 0.3) is 5.91 Å². The zero-order valence-electron chi connectivity index (χ0n) is 17.0. The Bertz CT molecular complexity index is 1180. The summed E-state index contributed by atoms with van der Waals surface area (Å²) in [5, 5.41) is 11.5. The second-order valence-corrected chi connectivity index (χ2v) is 7.86. The molecule has 0 saturated carbocycles. The Labute approximate surface area is 188 Å². The van der Waals surface area contributed by atoms with Crippen molar-refractivity contribution in [1.29, 1.82) is 0 Å². The fraction of sp³-hybridized carbons (Fsp3) is 0.174. The molecule has 2 aromatic heterocycles. The van der Waals surface area contributed by atoms with E-state index in [1.807, 2.05) is 66.5 Å². The lowest BCUT2D eigenvalue weighted by Gasteiger charge is -2.09. The normalized spacial score (nSPS) is 10.8. The zero-order chi connectivity index (χ0) is 21.6. The lowest BCUT2D eigenvalue weighted by atomic mass is 10.1. The minimum absolute atomic E-state index is 0.193. The predicted octanol–water partition coefficient (Wildman–Crippen LogP) is 4.74. The average Bonchev–Trinajstić information content (AvgIpc) is 3.43. The van der Waals surface area contributed by atoms with Gasteiger partial charge in [0, 0.05) is 30.1 Å². The molecule has 0 atom stereocenters. The van der Waals surface area contributed by atoms with Gasteiger partial charge in [0.05, 0.1) is 29.1 Å². The quantitative estimate of drug-likeness (QED) is 0.395. The Hall–Kier alpha value is -3.39. The highest BCUT2D eigenvalue weighted by Crippen LogP contribution is 2.24. The Kier molecular flexibility index (Phi) is 6.47. The van der Waals surface area contributed by atoms with Crippen LogP contribution in [0.25, 0.3) is 0 Å². The summed E-state index contributed by atoms with van der Waals surface area (Å²) in [6, 6.07) is 15.1. The Morgan fingerprint density at radius 2 is 1.87 bits per heavy atom. The van der Waals surface area contributed by atoms with Crippen molar-refractivity contribution in [2.45, 2.75) is 26.6 Å². The number of carbonyl (C=O) groups is 1. The smallest absolute Gasteiger partial charge is 0.255 e. The fourth-order valence-electron chi connectivity index (χ4n) is 3.09. The number of halogens is 1. The largest absolute Gasteiger partial charge is 0.488 e. The number of ether oxygens (including phenoxy) is 1. The van der Waals surface area contributed by atoms with Gasteiger partial charge in [-0.3, -0.25) is 14.2 Å². The van der Waals surface area contributed by atoms with Gasteiger partial charge in [-0.2, -0.15) is 10.2 Å². The summed E-state index contributed by atoms with van der Waals surface area (Å²) in [7, 11) is 0. The van der Waals surface area contributed by atoms with Gasteiger partial charge in [0.1, 0.15) is 12.4 Å². The van der Waals surface area contributed by atoms with Gasteiger partial charge >= 0.3 is 0 Å². The average molecular weight is 480 g/mol. The van der Waals surface area contributed by atoms with Crippen LogP contribution in [0.2, 0.25) is 0 Å². The first-order valence-corrected chi connectivity index (χ1v) is 10.7. The van der Waals surface area contributed by atoms with E-state index in [-0.39, 0.29) is 5.91 Å². The van der Waals surface area contributed by atoms with E-state index in [2.05, 4.69) is 31.4 Å². The molecule has 8 heteroatoms. The number of rotatable bonds is 8. The monoisotopic (exact) mass is 479 g/mol. The topological polar surface area (TPSA) is 74.0 Å². The van der Waals surface area contributed by atoms with E-state index < -0.39 is 0 Å². The van der Waals surface area contributed by atoms with Gasteiger partial charge in [-0.05, 0) is 52.7 Å². The van der Waals surface area contributed by atoms with Crippen LogP contribution in [0.15, 0.2) is 77.8 Å². The molecule has 2 aromatic carbocycles. The predicted molar refractivity (Wildman–Crippen MR) is 122 cm³/mol. The molecule has 31 heavy (non-hydrogen) atoms. The SMILES string of the molecule is CCn1cc(Cn2cc(NC(=O)c3cccc(COc4ccccc4Br)c3)cn2)cn1. The Morgan fingerprint density at radius 3 is 2.68 bits per heavy atom. The van der Waals surface area contributed by atoms with Gasteiger partial charge in [-0.25, -0.2) is 0 Å². The second-order valence-electron chi connectivity index (χ2n) is 7.00. The number of aromatic nitrogens is 4. The van der Waals surface area contributed by atoms with Crippen LogP contribution in [-0.4, -0.2) is 25.5 Å². The molecule has 2 heterocycles. The van der Waals surface area contributed by atoms with Crippen LogP contribution in [0.3, 0.4) is 0 Å². The van der Waals surface area contributed by atoms with Gasteiger partial charge in [-0.15, -0.1) is 0 Å². The van der Waals surface area contributed by atoms with Crippen LogP contribution < -0.4 is 10.1 Å². The molecular weight excluding hydrogens is 458 g/mol. The van der Waals surface area contributed by atoms with Crippen molar-refractivity contribution < 1.29 is 9.53 Å². The molecule has 1 N–H and O–H groups in total. The molecule has 0 aliphatic carbocycles. The highest BCUT2D eigenvalue weighted by Gasteiger charge is 2.10. The van der Waals surface area contributed by atoms with Crippen LogP contribution in [-0.2, 0) is 19.7 Å². The van der Waals surface area contributed by atoms with Crippen LogP contribution in [0.1, 0.15) is 28.4 Å². The maximum atomic E-state index is 12.7. The number of carbonyl (C=O) groups excluding carboxylic acids is 1. The maximum Gasteiger partial charge on any atom is 0.255 e. The van der Waals surface area contributed by atoms with Crippen LogP contribution in [0.4, 0.5) is 5.69 Å². The van der Waals surface area contributed by atoms with Crippen molar-refractivity contribution in [3.63, 3.8) is 0 Å². The minimum atomic E-state index is -0.193. The summed E-state index contributed by atoms with van der Waals surface area (Å²) >= 11 is 3.47. The Balaban J connectivity index is 1.37. The van der Waals surface area contributed by atoms with Crippen molar-refractivity contribution in [3.8, 4) is 5.75 Å². The maximum absolute atomic E-state index is 12.7. The van der Waals surface area contributed by atoms with Crippen molar-refractivity contribution in [2.75, 3.05) is 5.32 Å². The molecule has 0 aliphatic rings. The van der Waals surface area contributed by atoms with Crippen molar-refractivity contribution in [1.82, 2.24) is 19.6 Å². The number of nitrogens with one attached hydrogen (secondary N) is 1. The number of aryl methyl sites for hydroxylation is 1. The third-order valence-electron chi connectivity index (χ3n) is 4.67. The van der Waals surface area contributed by atoms with Gasteiger partial charge in [0.15, 0.2) is 0 Å². The second kappa shape index (κ2) is 9.61. The van der Waals surface area contributed by atoms with E-state index in [9.17, 15) is 4.79 Å². The summed E-state index contributed by atoms with van der Waals surface area (Å²) < 4.78 is 10.4. The molecule has 0 fully saturated rings. The summed E-state index contributed by atoms with van der Waals surface area (Å²) in [5.74, 6) is 0.565. The number of benzene rings is 2. The van der Waals surface area contributed by atoms with Crippen LogP contribution in [0, 0.1) is 0 Å².